The van der Waals surface area contributed by atoms with Crippen LogP contribution in [0.5, 0.6) is 0 Å². The van der Waals surface area contributed by atoms with Crippen molar-refractivity contribution in [3.63, 3.8) is 0 Å². The molecule has 0 saturated carbocycles. The summed E-state index contributed by atoms with van der Waals surface area (Å²) < 4.78 is 2.06. The van der Waals surface area contributed by atoms with Crippen LogP contribution >= 0.6 is 11.6 Å². The second kappa shape index (κ2) is 5.28. The highest BCUT2D eigenvalue weighted by Crippen LogP contribution is 2.29. The van der Waals surface area contributed by atoms with Crippen molar-refractivity contribution in [3.05, 3.63) is 77.9 Å². The van der Waals surface area contributed by atoms with E-state index < -0.39 is 0 Å². The van der Waals surface area contributed by atoms with Crippen molar-refractivity contribution in [1.29, 1.82) is 0 Å². The van der Waals surface area contributed by atoms with E-state index in [4.69, 9.17) is 16.6 Å². The summed E-state index contributed by atoms with van der Waals surface area (Å²) in [5.41, 5.74) is 2.89. The second-order valence-corrected chi connectivity index (χ2v) is 5.39. The molecule has 0 spiro atoms. The minimum atomic E-state index is 0.679. The SMILES string of the molecule is Clc1ccc2c(c1)nc(-c1ccccc1)n2-c1ccccn1. The first-order valence-corrected chi connectivity index (χ1v) is 7.35. The minimum Gasteiger partial charge on any atom is -0.276 e. The number of fused-ring (bicyclic) bond motifs is 1. The van der Waals surface area contributed by atoms with E-state index in [0.29, 0.717) is 5.02 Å². The van der Waals surface area contributed by atoms with Gasteiger partial charge in [-0.2, -0.15) is 0 Å². The number of rotatable bonds is 2. The molecule has 0 atom stereocenters. The van der Waals surface area contributed by atoms with Crippen molar-refractivity contribution >= 4 is 22.6 Å². The van der Waals surface area contributed by atoms with E-state index in [1.54, 1.807) is 6.20 Å². The third-order valence-electron chi connectivity index (χ3n) is 3.53. The molecule has 0 unspecified atom stereocenters. The average Bonchev–Trinajstić information content (AvgIpc) is 2.95. The van der Waals surface area contributed by atoms with Gasteiger partial charge in [0.2, 0.25) is 0 Å². The lowest BCUT2D eigenvalue weighted by Gasteiger charge is -2.08. The highest BCUT2D eigenvalue weighted by atomic mass is 35.5. The van der Waals surface area contributed by atoms with E-state index in [1.807, 2.05) is 66.7 Å². The number of benzene rings is 2. The van der Waals surface area contributed by atoms with E-state index in [-0.39, 0.29) is 0 Å². The highest BCUT2D eigenvalue weighted by Gasteiger charge is 2.14. The lowest BCUT2D eigenvalue weighted by atomic mass is 10.2. The van der Waals surface area contributed by atoms with Crippen LogP contribution in [0.15, 0.2) is 72.9 Å². The predicted octanol–water partition coefficient (Wildman–Crippen LogP) is 4.74. The number of hydrogen-bond donors (Lipinski definition) is 0. The summed E-state index contributed by atoms with van der Waals surface area (Å²) in [6, 6.07) is 21.7. The largest absolute Gasteiger partial charge is 0.276 e. The molecule has 22 heavy (non-hydrogen) atoms. The van der Waals surface area contributed by atoms with Gasteiger partial charge in [-0.15, -0.1) is 0 Å². The Morgan fingerprint density at radius 1 is 0.864 bits per heavy atom. The fourth-order valence-electron chi connectivity index (χ4n) is 2.55. The van der Waals surface area contributed by atoms with Crippen LogP contribution in [-0.4, -0.2) is 14.5 Å². The van der Waals surface area contributed by atoms with Gasteiger partial charge in [0.15, 0.2) is 0 Å². The van der Waals surface area contributed by atoms with Crippen LogP contribution in [0.4, 0.5) is 0 Å². The lowest BCUT2D eigenvalue weighted by Crippen LogP contribution is -1.99. The van der Waals surface area contributed by atoms with Crippen molar-refractivity contribution < 1.29 is 0 Å². The fourth-order valence-corrected chi connectivity index (χ4v) is 2.72. The Hall–Kier alpha value is -2.65. The molecule has 0 aliphatic heterocycles. The molecule has 106 valence electrons. The van der Waals surface area contributed by atoms with E-state index in [1.165, 1.54) is 0 Å². The van der Waals surface area contributed by atoms with Crippen molar-refractivity contribution in [3.8, 4) is 17.2 Å². The van der Waals surface area contributed by atoms with Gasteiger partial charge in [-0.05, 0) is 30.3 Å². The number of aromatic nitrogens is 3. The maximum absolute atomic E-state index is 6.11. The first-order chi connectivity index (χ1) is 10.8. The molecule has 0 saturated heterocycles. The second-order valence-electron chi connectivity index (χ2n) is 4.96. The Bertz CT molecular complexity index is 931. The number of nitrogens with zero attached hydrogens (tertiary/aromatic N) is 3. The third-order valence-corrected chi connectivity index (χ3v) is 3.76. The predicted molar refractivity (Wildman–Crippen MR) is 89.3 cm³/mol. The molecule has 2 aromatic carbocycles. The molecule has 4 rings (SSSR count). The smallest absolute Gasteiger partial charge is 0.146 e. The maximum Gasteiger partial charge on any atom is 0.146 e. The van der Waals surface area contributed by atoms with E-state index in [9.17, 15) is 0 Å². The Balaban J connectivity index is 2.07. The van der Waals surface area contributed by atoms with Gasteiger partial charge >= 0.3 is 0 Å². The van der Waals surface area contributed by atoms with Gasteiger partial charge in [-0.3, -0.25) is 4.57 Å². The van der Waals surface area contributed by atoms with Crippen LogP contribution in [0.1, 0.15) is 0 Å². The van der Waals surface area contributed by atoms with Crippen molar-refractivity contribution in [2.75, 3.05) is 0 Å². The highest BCUT2D eigenvalue weighted by molar-refractivity contribution is 6.31. The first-order valence-electron chi connectivity index (χ1n) is 6.98. The molecular formula is C18H12ClN3. The number of pyridine rings is 1. The Labute approximate surface area is 132 Å². The van der Waals surface area contributed by atoms with Gasteiger partial charge < -0.3 is 0 Å². The van der Waals surface area contributed by atoms with Gasteiger partial charge in [0.1, 0.15) is 11.6 Å². The summed E-state index contributed by atoms with van der Waals surface area (Å²) in [5.74, 6) is 1.70. The van der Waals surface area contributed by atoms with Crippen LogP contribution in [-0.2, 0) is 0 Å². The normalized spacial score (nSPS) is 11.0. The van der Waals surface area contributed by atoms with Crippen molar-refractivity contribution in [2.45, 2.75) is 0 Å². The first kappa shape index (κ1) is 13.0. The van der Waals surface area contributed by atoms with E-state index in [2.05, 4.69) is 9.55 Å². The summed E-state index contributed by atoms with van der Waals surface area (Å²) in [4.78, 5) is 9.23. The molecule has 3 nitrogen and oxygen atoms in total. The van der Waals surface area contributed by atoms with Crippen LogP contribution in [0.2, 0.25) is 5.02 Å². The molecule has 0 radical (unpaired) electrons. The fraction of sp³-hybridized carbons (Fsp3) is 0. The Morgan fingerprint density at radius 2 is 1.68 bits per heavy atom. The molecule has 2 heterocycles. The minimum absolute atomic E-state index is 0.679. The molecule has 4 aromatic rings. The van der Waals surface area contributed by atoms with Crippen molar-refractivity contribution in [2.24, 2.45) is 0 Å². The summed E-state index contributed by atoms with van der Waals surface area (Å²) in [7, 11) is 0. The molecule has 0 bridgehead atoms. The maximum atomic E-state index is 6.11. The monoisotopic (exact) mass is 305 g/mol. The lowest BCUT2D eigenvalue weighted by molar-refractivity contribution is 1.03. The summed E-state index contributed by atoms with van der Waals surface area (Å²) in [6.45, 7) is 0. The van der Waals surface area contributed by atoms with Crippen LogP contribution in [0, 0.1) is 0 Å². The zero-order valence-corrected chi connectivity index (χ0v) is 12.4. The summed E-state index contributed by atoms with van der Waals surface area (Å²) >= 11 is 6.11. The van der Waals surface area contributed by atoms with Gasteiger partial charge in [0.05, 0.1) is 11.0 Å². The Kier molecular flexibility index (Phi) is 3.13. The summed E-state index contributed by atoms with van der Waals surface area (Å²) in [6.07, 6.45) is 1.78. The molecule has 4 heteroatoms. The van der Waals surface area contributed by atoms with Gasteiger partial charge in [0, 0.05) is 16.8 Å². The van der Waals surface area contributed by atoms with Crippen LogP contribution in [0.25, 0.3) is 28.2 Å². The third kappa shape index (κ3) is 2.16. The van der Waals surface area contributed by atoms with Gasteiger partial charge in [-0.25, -0.2) is 9.97 Å². The molecule has 0 N–H and O–H groups in total. The molecule has 0 aliphatic carbocycles. The van der Waals surface area contributed by atoms with Gasteiger partial charge in [-0.1, -0.05) is 48.0 Å². The number of imidazole rings is 1. The molecular weight excluding hydrogens is 294 g/mol. The quantitative estimate of drug-likeness (QED) is 0.535. The molecule has 2 aromatic heterocycles. The molecule has 0 fully saturated rings. The Morgan fingerprint density at radius 3 is 2.45 bits per heavy atom. The number of hydrogen-bond acceptors (Lipinski definition) is 2. The zero-order valence-electron chi connectivity index (χ0n) is 11.6. The number of halogens is 1. The average molecular weight is 306 g/mol. The standard InChI is InChI=1S/C18H12ClN3/c19-14-9-10-16-15(12-14)21-18(13-6-2-1-3-7-13)22(16)17-8-4-5-11-20-17/h1-12H. The van der Waals surface area contributed by atoms with Crippen LogP contribution in [0.3, 0.4) is 0 Å². The van der Waals surface area contributed by atoms with E-state index in [0.717, 1.165) is 28.2 Å². The van der Waals surface area contributed by atoms with E-state index >= 15 is 0 Å². The van der Waals surface area contributed by atoms with Crippen molar-refractivity contribution in [1.82, 2.24) is 14.5 Å². The topological polar surface area (TPSA) is 30.7 Å². The molecule has 0 amide bonds. The summed E-state index contributed by atoms with van der Waals surface area (Å²) in [5, 5.41) is 0.679. The molecule has 0 aliphatic rings. The van der Waals surface area contributed by atoms with Gasteiger partial charge in [0.25, 0.3) is 0 Å². The van der Waals surface area contributed by atoms with Crippen LogP contribution < -0.4 is 0 Å². The zero-order chi connectivity index (χ0) is 14.9.